The first-order valence-electron chi connectivity index (χ1n) is 8.01. The number of imidazole rings is 1. The molecule has 1 N–H and O–H groups in total. The number of benzene rings is 2. The molecule has 0 bridgehead atoms. The number of sulfone groups is 1. The second-order valence-corrected chi connectivity index (χ2v) is 8.03. The van der Waals surface area contributed by atoms with Gasteiger partial charge in [-0.15, -0.1) is 0 Å². The van der Waals surface area contributed by atoms with Gasteiger partial charge in [-0.2, -0.15) is 0 Å². The van der Waals surface area contributed by atoms with Crippen molar-refractivity contribution in [1.29, 1.82) is 0 Å². The zero-order valence-electron chi connectivity index (χ0n) is 13.8. The third-order valence-corrected chi connectivity index (χ3v) is 5.82. The smallest absolute Gasteiger partial charge is 0.274 e. The van der Waals surface area contributed by atoms with E-state index in [-0.39, 0.29) is 28.8 Å². The minimum Gasteiger partial charge on any atom is -0.321 e. The van der Waals surface area contributed by atoms with Crippen LogP contribution in [0.3, 0.4) is 0 Å². The van der Waals surface area contributed by atoms with Crippen molar-refractivity contribution in [3.63, 3.8) is 0 Å². The molecular formula is C18H13F2N3O3S. The molecule has 4 rings (SSSR count). The summed E-state index contributed by atoms with van der Waals surface area (Å²) in [4.78, 5) is 17.0. The molecule has 0 radical (unpaired) electrons. The van der Waals surface area contributed by atoms with Gasteiger partial charge in [0.1, 0.15) is 23.0 Å². The number of halogens is 2. The first-order valence-corrected chi connectivity index (χ1v) is 9.66. The molecule has 1 amide bonds. The minimum atomic E-state index is -3.59. The molecule has 0 atom stereocenters. The Morgan fingerprint density at radius 1 is 1.00 bits per heavy atom. The lowest BCUT2D eigenvalue weighted by molar-refractivity contribution is 0.101. The van der Waals surface area contributed by atoms with E-state index in [1.807, 2.05) is 0 Å². The molecule has 1 aromatic heterocycles. The van der Waals surface area contributed by atoms with Crippen LogP contribution < -0.4 is 5.32 Å². The molecule has 0 unspecified atom stereocenters. The van der Waals surface area contributed by atoms with Gasteiger partial charge in [0.05, 0.1) is 5.75 Å². The number of hydrogen-bond acceptors (Lipinski definition) is 4. The average molecular weight is 389 g/mol. The quantitative estimate of drug-likeness (QED) is 0.747. The van der Waals surface area contributed by atoms with Gasteiger partial charge in [-0.1, -0.05) is 0 Å². The molecule has 1 aliphatic rings. The second-order valence-electron chi connectivity index (χ2n) is 6.03. The molecule has 3 aromatic rings. The summed E-state index contributed by atoms with van der Waals surface area (Å²) in [6, 6.07) is 10.4. The fourth-order valence-corrected chi connectivity index (χ4v) is 4.30. The highest BCUT2D eigenvalue weighted by Gasteiger charge is 2.35. The first kappa shape index (κ1) is 17.3. The highest BCUT2D eigenvalue weighted by Crippen LogP contribution is 2.31. The van der Waals surface area contributed by atoms with Crippen LogP contribution in [0.4, 0.5) is 14.5 Å². The predicted molar refractivity (Wildman–Crippen MR) is 94.0 cm³/mol. The molecule has 2 aromatic carbocycles. The summed E-state index contributed by atoms with van der Waals surface area (Å²) in [5.74, 6) is -1.64. The van der Waals surface area contributed by atoms with Gasteiger partial charge in [0, 0.05) is 17.8 Å². The highest BCUT2D eigenvalue weighted by molar-refractivity contribution is 7.91. The largest absolute Gasteiger partial charge is 0.321 e. The predicted octanol–water partition coefficient (Wildman–Crippen LogP) is 2.87. The van der Waals surface area contributed by atoms with Crippen LogP contribution >= 0.6 is 0 Å². The molecule has 0 spiro atoms. The molecule has 0 aliphatic carbocycles. The highest BCUT2D eigenvalue weighted by atomic mass is 32.2. The summed E-state index contributed by atoms with van der Waals surface area (Å²) in [5, 5.41) is 2.43. The van der Waals surface area contributed by atoms with E-state index in [9.17, 15) is 22.0 Å². The fraction of sp³-hybridized carbons (Fsp3) is 0.111. The van der Waals surface area contributed by atoms with Crippen LogP contribution in [0.5, 0.6) is 0 Å². The van der Waals surface area contributed by atoms with Crippen LogP contribution in [0.15, 0.2) is 53.7 Å². The van der Waals surface area contributed by atoms with Crippen molar-refractivity contribution in [2.75, 3.05) is 11.1 Å². The Kier molecular flexibility index (Phi) is 4.03. The van der Waals surface area contributed by atoms with Crippen molar-refractivity contribution in [1.82, 2.24) is 9.55 Å². The van der Waals surface area contributed by atoms with E-state index < -0.39 is 27.4 Å². The Labute approximate surface area is 153 Å². The van der Waals surface area contributed by atoms with Gasteiger partial charge in [0.2, 0.25) is 15.0 Å². The molecule has 1 aliphatic heterocycles. The summed E-state index contributed by atoms with van der Waals surface area (Å²) in [6.07, 6.45) is 0. The maximum atomic E-state index is 13.2. The fourth-order valence-electron chi connectivity index (χ4n) is 2.94. The van der Waals surface area contributed by atoms with Crippen molar-refractivity contribution >= 4 is 21.4 Å². The minimum absolute atomic E-state index is 0.0574. The lowest BCUT2D eigenvalue weighted by Crippen LogP contribution is -2.17. The van der Waals surface area contributed by atoms with Crippen LogP contribution in [0, 0.1) is 11.6 Å². The monoisotopic (exact) mass is 389 g/mol. The average Bonchev–Trinajstić information content (AvgIpc) is 3.15. The lowest BCUT2D eigenvalue weighted by atomic mass is 10.1. The van der Waals surface area contributed by atoms with E-state index in [2.05, 4.69) is 10.3 Å². The maximum absolute atomic E-state index is 13.2. The van der Waals surface area contributed by atoms with E-state index in [4.69, 9.17) is 0 Å². The zero-order valence-corrected chi connectivity index (χ0v) is 14.6. The van der Waals surface area contributed by atoms with Crippen molar-refractivity contribution in [2.24, 2.45) is 0 Å². The van der Waals surface area contributed by atoms with Crippen molar-refractivity contribution in [3.05, 3.63) is 65.9 Å². The summed E-state index contributed by atoms with van der Waals surface area (Å²) in [7, 11) is -3.59. The van der Waals surface area contributed by atoms with E-state index in [0.29, 0.717) is 11.3 Å². The number of aromatic nitrogens is 2. The number of nitrogens with one attached hydrogen (secondary N) is 1. The molecule has 138 valence electrons. The van der Waals surface area contributed by atoms with E-state index in [1.54, 1.807) is 0 Å². The zero-order chi connectivity index (χ0) is 19.2. The molecular weight excluding hydrogens is 376 g/mol. The van der Waals surface area contributed by atoms with Gasteiger partial charge in [-0.25, -0.2) is 22.2 Å². The number of rotatable bonds is 3. The molecule has 0 saturated heterocycles. The number of amides is 1. The molecule has 6 nitrogen and oxygen atoms in total. The number of fused-ring (bicyclic) bond motifs is 1. The molecule has 27 heavy (non-hydrogen) atoms. The summed E-state index contributed by atoms with van der Waals surface area (Å²) in [6.45, 7) is 0.0953. The molecule has 9 heteroatoms. The topological polar surface area (TPSA) is 81.1 Å². The SMILES string of the molecule is O=C(Nc1ccc(F)cc1)c1c(-c2ccc(F)cc2)nc2n1CCS2(=O)=O. The van der Waals surface area contributed by atoms with Gasteiger partial charge >= 0.3 is 0 Å². The van der Waals surface area contributed by atoms with Gasteiger partial charge in [-0.3, -0.25) is 4.79 Å². The molecule has 0 saturated carbocycles. The lowest BCUT2D eigenvalue weighted by Gasteiger charge is -2.09. The number of nitrogens with zero attached hydrogens (tertiary/aromatic N) is 2. The third kappa shape index (κ3) is 3.10. The Hall–Kier alpha value is -3.07. The van der Waals surface area contributed by atoms with Crippen molar-refractivity contribution < 1.29 is 22.0 Å². The van der Waals surface area contributed by atoms with E-state index in [1.165, 1.54) is 53.1 Å². The van der Waals surface area contributed by atoms with Gasteiger partial charge in [0.25, 0.3) is 5.91 Å². The van der Waals surface area contributed by atoms with Crippen LogP contribution in [-0.2, 0) is 16.4 Å². The Balaban J connectivity index is 1.81. The summed E-state index contributed by atoms with van der Waals surface area (Å²) < 4.78 is 52.0. The normalized spacial score (nSPS) is 14.7. The molecule has 0 fully saturated rings. The maximum Gasteiger partial charge on any atom is 0.274 e. The van der Waals surface area contributed by atoms with Gasteiger partial charge in [0.15, 0.2) is 0 Å². The Morgan fingerprint density at radius 3 is 2.22 bits per heavy atom. The van der Waals surface area contributed by atoms with E-state index in [0.717, 1.165) is 0 Å². The number of hydrogen-bond donors (Lipinski definition) is 1. The Morgan fingerprint density at radius 2 is 1.59 bits per heavy atom. The van der Waals surface area contributed by atoms with Crippen LogP contribution in [0.2, 0.25) is 0 Å². The van der Waals surface area contributed by atoms with Crippen molar-refractivity contribution in [2.45, 2.75) is 11.7 Å². The number of carbonyl (C=O) groups excluding carboxylic acids is 1. The van der Waals surface area contributed by atoms with Crippen LogP contribution in [-0.4, -0.2) is 29.6 Å². The first-order chi connectivity index (χ1) is 12.8. The number of carbonyl (C=O) groups is 1. The van der Waals surface area contributed by atoms with Crippen molar-refractivity contribution in [3.8, 4) is 11.3 Å². The molecule has 2 heterocycles. The van der Waals surface area contributed by atoms with Gasteiger partial charge in [-0.05, 0) is 48.5 Å². The van der Waals surface area contributed by atoms with Crippen LogP contribution in [0.1, 0.15) is 10.5 Å². The second kappa shape index (κ2) is 6.27. The summed E-state index contributed by atoms with van der Waals surface area (Å²) in [5.41, 5.74) is 0.968. The number of anilines is 1. The Bertz CT molecular complexity index is 1140. The standard InChI is InChI=1S/C18H13F2N3O3S/c19-12-3-1-11(2-4-12)15-16(23-9-10-27(25,26)18(23)22-15)17(24)21-14-7-5-13(20)6-8-14/h1-8H,9-10H2,(H,21,24). The summed E-state index contributed by atoms with van der Waals surface area (Å²) >= 11 is 0. The van der Waals surface area contributed by atoms with Gasteiger partial charge < -0.3 is 9.88 Å². The third-order valence-electron chi connectivity index (χ3n) is 4.23. The van der Waals surface area contributed by atoms with E-state index >= 15 is 0 Å². The van der Waals surface area contributed by atoms with Crippen LogP contribution in [0.25, 0.3) is 11.3 Å².